The van der Waals surface area contributed by atoms with Crippen LogP contribution >= 0.6 is 0 Å². The number of anilines is 6. The van der Waals surface area contributed by atoms with E-state index in [0.29, 0.717) is 0 Å². The molecule has 0 aliphatic carbocycles. The summed E-state index contributed by atoms with van der Waals surface area (Å²) in [5.41, 5.74) is 16.6. The Morgan fingerprint density at radius 3 is 0.740 bits per heavy atom. The molecule has 2 nitrogen and oxygen atoms in total. The van der Waals surface area contributed by atoms with E-state index in [1.165, 1.54) is 38.9 Å². The Kier molecular flexibility index (Phi) is 9.44. The maximum atomic E-state index is 2.31. The molecule has 50 heavy (non-hydrogen) atoms. The molecule has 2 heteroatoms. The molecule has 7 aromatic carbocycles. The van der Waals surface area contributed by atoms with Crippen LogP contribution in [-0.4, -0.2) is 0 Å². The first kappa shape index (κ1) is 32.4. The number of aryl methyl sites for hydroxylation is 4. The summed E-state index contributed by atoms with van der Waals surface area (Å²) in [7, 11) is 0. The first-order valence-corrected chi connectivity index (χ1v) is 17.3. The summed E-state index contributed by atoms with van der Waals surface area (Å²) in [6.45, 7) is 8.50. The van der Waals surface area contributed by atoms with Crippen molar-refractivity contribution >= 4 is 46.3 Å². The molecular weight excluding hydrogens is 605 g/mol. The van der Waals surface area contributed by atoms with E-state index >= 15 is 0 Å². The Bertz CT molecular complexity index is 2080. The van der Waals surface area contributed by atoms with Gasteiger partial charge in [-0.3, -0.25) is 0 Å². The molecule has 244 valence electrons. The highest BCUT2D eigenvalue weighted by molar-refractivity contribution is 5.80. The van der Waals surface area contributed by atoms with Gasteiger partial charge in [-0.2, -0.15) is 0 Å². The van der Waals surface area contributed by atoms with Gasteiger partial charge in [-0.05, 0) is 123 Å². The minimum Gasteiger partial charge on any atom is -0.311 e. The lowest BCUT2D eigenvalue weighted by molar-refractivity contribution is 1.27. The second-order valence-corrected chi connectivity index (χ2v) is 13.1. The molecule has 0 saturated heterocycles. The minimum absolute atomic E-state index is 1.13. The molecular formula is C48H42N2. The molecule has 0 radical (unpaired) electrons. The van der Waals surface area contributed by atoms with Crippen LogP contribution in [0.15, 0.2) is 170 Å². The van der Waals surface area contributed by atoms with Crippen LogP contribution < -0.4 is 9.80 Å². The third kappa shape index (κ3) is 7.46. The predicted octanol–water partition coefficient (Wildman–Crippen LogP) is 13.7. The SMILES string of the molecule is Cc1ccc(N(c2ccc(C)cc2)c2ccc(/C=C/c3ccc(-c4ccc(N(c5ccc(C)cc5)c5ccc(C)cc5)cc4)cc3)cc2)cc1. The predicted molar refractivity (Wildman–Crippen MR) is 216 cm³/mol. The Morgan fingerprint density at radius 2 is 0.460 bits per heavy atom. The molecule has 0 N–H and O–H groups in total. The van der Waals surface area contributed by atoms with Gasteiger partial charge in [0.25, 0.3) is 0 Å². The first-order valence-electron chi connectivity index (χ1n) is 17.3. The summed E-state index contributed by atoms with van der Waals surface area (Å²) in [5, 5.41) is 0. The van der Waals surface area contributed by atoms with Crippen LogP contribution in [0.3, 0.4) is 0 Å². The highest BCUT2D eigenvalue weighted by Crippen LogP contribution is 2.37. The fraction of sp³-hybridized carbons (Fsp3) is 0.0833. The smallest absolute Gasteiger partial charge is 0.0462 e. The van der Waals surface area contributed by atoms with Crippen LogP contribution in [0.25, 0.3) is 23.3 Å². The van der Waals surface area contributed by atoms with Gasteiger partial charge in [0, 0.05) is 34.1 Å². The van der Waals surface area contributed by atoms with Crippen LogP contribution in [-0.2, 0) is 0 Å². The lowest BCUT2D eigenvalue weighted by Gasteiger charge is -2.26. The fourth-order valence-corrected chi connectivity index (χ4v) is 6.19. The highest BCUT2D eigenvalue weighted by atomic mass is 15.1. The summed E-state index contributed by atoms with van der Waals surface area (Å²) in [4.78, 5) is 4.62. The fourth-order valence-electron chi connectivity index (χ4n) is 6.19. The molecule has 0 bridgehead atoms. The van der Waals surface area contributed by atoms with Crippen molar-refractivity contribution in [3.8, 4) is 11.1 Å². The molecule has 0 amide bonds. The van der Waals surface area contributed by atoms with Crippen molar-refractivity contribution < 1.29 is 0 Å². The van der Waals surface area contributed by atoms with Crippen LogP contribution in [0.4, 0.5) is 34.1 Å². The summed E-state index contributed by atoms with van der Waals surface area (Å²) in [6, 6.07) is 61.3. The monoisotopic (exact) mass is 646 g/mol. The Balaban J connectivity index is 1.07. The minimum atomic E-state index is 1.13. The molecule has 0 unspecified atom stereocenters. The van der Waals surface area contributed by atoms with Gasteiger partial charge >= 0.3 is 0 Å². The summed E-state index contributed by atoms with van der Waals surface area (Å²) >= 11 is 0. The first-order chi connectivity index (χ1) is 24.4. The Morgan fingerprint density at radius 1 is 0.260 bits per heavy atom. The highest BCUT2D eigenvalue weighted by Gasteiger charge is 2.14. The molecule has 0 saturated carbocycles. The van der Waals surface area contributed by atoms with Gasteiger partial charge in [-0.15, -0.1) is 0 Å². The lowest BCUT2D eigenvalue weighted by Crippen LogP contribution is -2.09. The van der Waals surface area contributed by atoms with Gasteiger partial charge < -0.3 is 9.80 Å². The quantitative estimate of drug-likeness (QED) is 0.144. The van der Waals surface area contributed by atoms with E-state index in [-0.39, 0.29) is 0 Å². The third-order valence-electron chi connectivity index (χ3n) is 9.16. The van der Waals surface area contributed by atoms with Crippen molar-refractivity contribution in [3.63, 3.8) is 0 Å². The lowest BCUT2D eigenvalue weighted by atomic mass is 10.0. The molecule has 7 aromatic rings. The van der Waals surface area contributed by atoms with Gasteiger partial charge in [0.05, 0.1) is 0 Å². The maximum absolute atomic E-state index is 2.31. The summed E-state index contributed by atoms with van der Waals surface area (Å²) in [6.07, 6.45) is 4.36. The van der Waals surface area contributed by atoms with Gasteiger partial charge in [0.2, 0.25) is 0 Å². The van der Waals surface area contributed by atoms with Crippen molar-refractivity contribution in [1.29, 1.82) is 0 Å². The number of benzene rings is 7. The standard InChI is InChI=1S/C48H42N2/c1-35-5-23-43(24-6-35)49(44-25-7-36(2)8-26-44)47-31-17-40(18-32-47)14-13-39-15-19-41(20-16-39)42-21-33-48(34-22-42)50(45-27-9-37(3)10-28-45)46-29-11-38(4)12-30-46/h5-34H,1-4H3/b14-13+. The summed E-state index contributed by atoms with van der Waals surface area (Å²) < 4.78 is 0. The van der Waals surface area contributed by atoms with Gasteiger partial charge in [0.15, 0.2) is 0 Å². The van der Waals surface area contributed by atoms with Gasteiger partial charge in [-0.1, -0.05) is 131 Å². The largest absolute Gasteiger partial charge is 0.311 e. The molecule has 0 atom stereocenters. The van der Waals surface area contributed by atoms with Crippen molar-refractivity contribution in [3.05, 3.63) is 203 Å². The number of hydrogen-bond donors (Lipinski definition) is 0. The van der Waals surface area contributed by atoms with E-state index in [9.17, 15) is 0 Å². The van der Waals surface area contributed by atoms with Crippen LogP contribution in [0.2, 0.25) is 0 Å². The zero-order chi connectivity index (χ0) is 34.5. The van der Waals surface area contributed by atoms with E-state index in [2.05, 4.69) is 220 Å². The molecule has 0 heterocycles. The second-order valence-electron chi connectivity index (χ2n) is 13.1. The van der Waals surface area contributed by atoms with E-state index in [1.54, 1.807) is 0 Å². The Hall–Kier alpha value is -6.12. The Labute approximate surface area is 297 Å². The van der Waals surface area contributed by atoms with Crippen LogP contribution in [0, 0.1) is 27.7 Å². The van der Waals surface area contributed by atoms with Crippen molar-refractivity contribution in [2.75, 3.05) is 9.80 Å². The van der Waals surface area contributed by atoms with Crippen LogP contribution in [0.5, 0.6) is 0 Å². The summed E-state index contributed by atoms with van der Waals surface area (Å²) in [5.74, 6) is 0. The van der Waals surface area contributed by atoms with E-state index in [4.69, 9.17) is 0 Å². The third-order valence-corrected chi connectivity index (χ3v) is 9.16. The normalized spacial score (nSPS) is 11.1. The topological polar surface area (TPSA) is 6.48 Å². The van der Waals surface area contributed by atoms with E-state index < -0.39 is 0 Å². The maximum Gasteiger partial charge on any atom is 0.0462 e. The molecule has 0 aliphatic rings. The number of rotatable bonds is 9. The van der Waals surface area contributed by atoms with Crippen molar-refractivity contribution in [2.45, 2.75) is 27.7 Å². The van der Waals surface area contributed by atoms with Gasteiger partial charge in [0.1, 0.15) is 0 Å². The second kappa shape index (κ2) is 14.6. The average molecular weight is 647 g/mol. The zero-order valence-corrected chi connectivity index (χ0v) is 29.2. The zero-order valence-electron chi connectivity index (χ0n) is 29.2. The molecule has 0 aromatic heterocycles. The number of nitrogens with zero attached hydrogens (tertiary/aromatic N) is 2. The molecule has 0 aliphatic heterocycles. The average Bonchev–Trinajstić information content (AvgIpc) is 3.15. The number of hydrogen-bond acceptors (Lipinski definition) is 2. The van der Waals surface area contributed by atoms with Crippen LogP contribution in [0.1, 0.15) is 33.4 Å². The van der Waals surface area contributed by atoms with E-state index in [0.717, 1.165) is 39.7 Å². The van der Waals surface area contributed by atoms with E-state index in [1.807, 2.05) is 0 Å². The van der Waals surface area contributed by atoms with Crippen molar-refractivity contribution in [1.82, 2.24) is 0 Å². The van der Waals surface area contributed by atoms with Gasteiger partial charge in [-0.25, -0.2) is 0 Å². The molecule has 0 fully saturated rings. The molecule has 0 spiro atoms. The molecule has 7 rings (SSSR count). The van der Waals surface area contributed by atoms with Crippen molar-refractivity contribution in [2.24, 2.45) is 0 Å².